The van der Waals surface area contributed by atoms with Gasteiger partial charge in [0.15, 0.2) is 0 Å². The SMILES string of the molecule is Cc1ccc(C)c(OC2(CC(=O)O)CCC2)c1. The highest BCUT2D eigenvalue weighted by molar-refractivity contribution is 5.68. The first-order valence-electron chi connectivity index (χ1n) is 5.99. The molecule has 1 saturated carbocycles. The van der Waals surface area contributed by atoms with Gasteiger partial charge in [-0.25, -0.2) is 0 Å². The van der Waals surface area contributed by atoms with Gasteiger partial charge < -0.3 is 9.84 Å². The van der Waals surface area contributed by atoms with E-state index >= 15 is 0 Å². The smallest absolute Gasteiger partial charge is 0.307 e. The molecule has 1 aliphatic carbocycles. The van der Waals surface area contributed by atoms with Crippen molar-refractivity contribution in [3.05, 3.63) is 29.3 Å². The van der Waals surface area contributed by atoms with E-state index in [1.807, 2.05) is 32.0 Å². The highest BCUT2D eigenvalue weighted by Crippen LogP contribution is 2.40. The summed E-state index contributed by atoms with van der Waals surface area (Å²) in [6, 6.07) is 6.03. The van der Waals surface area contributed by atoms with Gasteiger partial charge >= 0.3 is 5.97 Å². The Morgan fingerprint density at radius 3 is 2.65 bits per heavy atom. The van der Waals surface area contributed by atoms with Gasteiger partial charge in [0.1, 0.15) is 11.4 Å². The number of ether oxygens (including phenoxy) is 1. The van der Waals surface area contributed by atoms with Crippen molar-refractivity contribution in [2.75, 3.05) is 0 Å². The molecule has 1 N–H and O–H groups in total. The van der Waals surface area contributed by atoms with Crippen LogP contribution in [-0.4, -0.2) is 16.7 Å². The molecule has 0 aromatic heterocycles. The maximum atomic E-state index is 10.9. The van der Waals surface area contributed by atoms with Gasteiger partial charge in [-0.05, 0) is 50.3 Å². The molecule has 0 amide bonds. The fourth-order valence-electron chi connectivity index (χ4n) is 2.21. The summed E-state index contributed by atoms with van der Waals surface area (Å²) in [5, 5.41) is 8.94. The first kappa shape index (κ1) is 12.0. The number of carboxylic acid groups (broad SMARTS) is 1. The van der Waals surface area contributed by atoms with Crippen LogP contribution in [0.2, 0.25) is 0 Å². The lowest BCUT2D eigenvalue weighted by Gasteiger charge is -2.41. The lowest BCUT2D eigenvalue weighted by Crippen LogP contribution is -2.45. The largest absolute Gasteiger partial charge is 0.486 e. The fraction of sp³-hybridized carbons (Fsp3) is 0.500. The zero-order chi connectivity index (χ0) is 12.5. The highest BCUT2D eigenvalue weighted by Gasteiger charge is 2.41. The van der Waals surface area contributed by atoms with E-state index in [-0.39, 0.29) is 6.42 Å². The number of rotatable bonds is 4. The number of aliphatic carboxylic acids is 1. The molecule has 0 saturated heterocycles. The van der Waals surface area contributed by atoms with Crippen molar-refractivity contribution in [2.24, 2.45) is 0 Å². The Hall–Kier alpha value is -1.51. The molecule has 1 aliphatic rings. The Labute approximate surface area is 101 Å². The predicted molar refractivity (Wildman–Crippen MR) is 65.4 cm³/mol. The topological polar surface area (TPSA) is 46.5 Å². The van der Waals surface area contributed by atoms with Crippen LogP contribution in [0, 0.1) is 13.8 Å². The van der Waals surface area contributed by atoms with Crippen LogP contribution in [0.4, 0.5) is 0 Å². The second kappa shape index (κ2) is 4.40. The molecule has 0 aliphatic heterocycles. The van der Waals surface area contributed by atoms with Crippen molar-refractivity contribution in [1.29, 1.82) is 0 Å². The summed E-state index contributed by atoms with van der Waals surface area (Å²) in [6.07, 6.45) is 2.83. The molecular weight excluding hydrogens is 216 g/mol. The molecule has 92 valence electrons. The minimum Gasteiger partial charge on any atom is -0.486 e. The first-order valence-corrected chi connectivity index (χ1v) is 5.99. The van der Waals surface area contributed by atoms with Gasteiger partial charge in [0.05, 0.1) is 6.42 Å². The Bertz CT molecular complexity index is 433. The Kier molecular flexibility index (Phi) is 3.09. The summed E-state index contributed by atoms with van der Waals surface area (Å²) in [7, 11) is 0. The highest BCUT2D eigenvalue weighted by atomic mass is 16.5. The van der Waals surface area contributed by atoms with Crippen LogP contribution in [0.15, 0.2) is 18.2 Å². The Morgan fingerprint density at radius 1 is 1.41 bits per heavy atom. The van der Waals surface area contributed by atoms with Crippen LogP contribution < -0.4 is 4.74 Å². The van der Waals surface area contributed by atoms with Crippen molar-refractivity contribution in [3.8, 4) is 5.75 Å². The maximum absolute atomic E-state index is 10.9. The standard InChI is InChI=1S/C14H18O3/c1-10-4-5-11(2)12(8-10)17-14(6-3-7-14)9-13(15)16/h4-5,8H,3,6-7,9H2,1-2H3,(H,15,16). The maximum Gasteiger partial charge on any atom is 0.307 e. The van der Waals surface area contributed by atoms with Gasteiger partial charge in [-0.3, -0.25) is 4.79 Å². The van der Waals surface area contributed by atoms with Crippen molar-refractivity contribution in [2.45, 2.75) is 45.1 Å². The second-order valence-electron chi connectivity index (χ2n) is 4.98. The molecule has 1 fully saturated rings. The molecule has 17 heavy (non-hydrogen) atoms. The van der Waals surface area contributed by atoms with E-state index in [1.54, 1.807) is 0 Å². The third-order valence-electron chi connectivity index (χ3n) is 3.41. The molecule has 0 radical (unpaired) electrons. The third kappa shape index (κ3) is 2.60. The van der Waals surface area contributed by atoms with Crippen LogP contribution in [0.25, 0.3) is 0 Å². The minimum atomic E-state index is -0.782. The van der Waals surface area contributed by atoms with Crippen LogP contribution in [-0.2, 0) is 4.79 Å². The molecule has 0 atom stereocenters. The number of hydrogen-bond donors (Lipinski definition) is 1. The van der Waals surface area contributed by atoms with E-state index < -0.39 is 11.6 Å². The van der Waals surface area contributed by atoms with Crippen molar-refractivity contribution < 1.29 is 14.6 Å². The van der Waals surface area contributed by atoms with Gasteiger partial charge in [-0.1, -0.05) is 12.1 Å². The van der Waals surface area contributed by atoms with Crippen molar-refractivity contribution >= 4 is 5.97 Å². The molecule has 0 heterocycles. The molecule has 3 nitrogen and oxygen atoms in total. The van der Waals surface area contributed by atoms with E-state index in [4.69, 9.17) is 9.84 Å². The van der Waals surface area contributed by atoms with Crippen molar-refractivity contribution in [1.82, 2.24) is 0 Å². The number of carboxylic acids is 1. The molecule has 2 rings (SSSR count). The molecule has 1 aromatic rings. The summed E-state index contributed by atoms with van der Waals surface area (Å²) < 4.78 is 5.98. The van der Waals surface area contributed by atoms with Gasteiger partial charge in [-0.2, -0.15) is 0 Å². The fourth-order valence-corrected chi connectivity index (χ4v) is 2.21. The Morgan fingerprint density at radius 2 is 2.12 bits per heavy atom. The quantitative estimate of drug-likeness (QED) is 0.870. The third-order valence-corrected chi connectivity index (χ3v) is 3.41. The molecule has 3 heteroatoms. The van der Waals surface area contributed by atoms with E-state index in [1.165, 1.54) is 0 Å². The van der Waals surface area contributed by atoms with E-state index in [0.717, 1.165) is 36.1 Å². The average molecular weight is 234 g/mol. The summed E-state index contributed by atoms with van der Waals surface area (Å²) >= 11 is 0. The lowest BCUT2D eigenvalue weighted by molar-refractivity contribution is -0.144. The molecular formula is C14H18O3. The van der Waals surface area contributed by atoms with Gasteiger partial charge in [0.25, 0.3) is 0 Å². The molecule has 0 unspecified atom stereocenters. The van der Waals surface area contributed by atoms with E-state index in [9.17, 15) is 4.79 Å². The average Bonchev–Trinajstić information content (AvgIpc) is 2.19. The van der Waals surface area contributed by atoms with E-state index in [0.29, 0.717) is 0 Å². The predicted octanol–water partition coefficient (Wildman–Crippen LogP) is 3.08. The lowest BCUT2D eigenvalue weighted by atomic mass is 9.77. The van der Waals surface area contributed by atoms with Crippen molar-refractivity contribution in [3.63, 3.8) is 0 Å². The summed E-state index contributed by atoms with van der Waals surface area (Å²) in [5.41, 5.74) is 1.73. The molecule has 0 spiro atoms. The molecule has 1 aromatic carbocycles. The number of hydrogen-bond acceptors (Lipinski definition) is 2. The zero-order valence-corrected chi connectivity index (χ0v) is 10.3. The number of benzene rings is 1. The van der Waals surface area contributed by atoms with E-state index in [2.05, 4.69) is 0 Å². The minimum absolute atomic E-state index is 0.0976. The van der Waals surface area contributed by atoms with Gasteiger partial charge in [0, 0.05) is 0 Å². The van der Waals surface area contributed by atoms with Crippen LogP contribution >= 0.6 is 0 Å². The van der Waals surface area contributed by atoms with Crippen LogP contribution in [0.1, 0.15) is 36.8 Å². The number of carbonyl (C=O) groups is 1. The monoisotopic (exact) mass is 234 g/mol. The number of aryl methyl sites for hydroxylation is 2. The molecule has 0 bridgehead atoms. The summed E-state index contributed by atoms with van der Waals surface area (Å²) in [5.74, 6) is 0.0426. The normalized spacial score (nSPS) is 17.3. The second-order valence-corrected chi connectivity index (χ2v) is 4.98. The summed E-state index contributed by atoms with van der Waals surface area (Å²) in [6.45, 7) is 4.00. The zero-order valence-electron chi connectivity index (χ0n) is 10.3. The Balaban J connectivity index is 2.18. The van der Waals surface area contributed by atoms with Crippen LogP contribution in [0.5, 0.6) is 5.75 Å². The van der Waals surface area contributed by atoms with Gasteiger partial charge in [-0.15, -0.1) is 0 Å². The first-order chi connectivity index (χ1) is 8.01. The van der Waals surface area contributed by atoms with Gasteiger partial charge in [0.2, 0.25) is 0 Å². The van der Waals surface area contributed by atoms with Crippen LogP contribution in [0.3, 0.4) is 0 Å². The summed E-state index contributed by atoms with van der Waals surface area (Å²) in [4.78, 5) is 10.9.